The molecule has 3 heterocycles. The number of anilines is 2. The van der Waals surface area contributed by atoms with Crippen LogP contribution in [0.4, 0.5) is 20.2 Å². The van der Waals surface area contributed by atoms with Gasteiger partial charge in [-0.05, 0) is 43.5 Å². The number of nitrogens with zero attached hydrogens (tertiary/aromatic N) is 5. The number of aliphatic hydroxyl groups is 1. The number of ether oxygens (including phenoxy) is 2. The van der Waals surface area contributed by atoms with E-state index in [1.54, 1.807) is 18.3 Å². The molecule has 1 aromatic heterocycles. The SMILES string of the molecule is COc1cc2c(cc1OCCN1CCCC(CO)C1)=NCN(c1cccc(F)c1F)C=2Nc1cnn(CC(N)=O)c1. The number of halogens is 2. The fraction of sp³-hybridized carbons (Fsp3) is 0.393. The van der Waals surface area contributed by atoms with Gasteiger partial charge < -0.3 is 30.5 Å². The van der Waals surface area contributed by atoms with Gasteiger partial charge in [0.2, 0.25) is 5.91 Å². The fourth-order valence-electron chi connectivity index (χ4n) is 5.14. The Morgan fingerprint density at radius 2 is 2.12 bits per heavy atom. The summed E-state index contributed by atoms with van der Waals surface area (Å²) in [5.41, 5.74) is 5.78. The molecule has 41 heavy (non-hydrogen) atoms. The summed E-state index contributed by atoms with van der Waals surface area (Å²) in [6.07, 6.45) is 5.16. The monoisotopic (exact) mass is 569 g/mol. The highest BCUT2D eigenvalue weighted by Gasteiger charge is 2.24. The number of amides is 1. The summed E-state index contributed by atoms with van der Waals surface area (Å²) in [7, 11) is 1.52. The van der Waals surface area contributed by atoms with Crippen LogP contribution in [0.25, 0.3) is 5.82 Å². The number of likely N-dealkylation sites (tertiary alicyclic amines) is 1. The van der Waals surface area contributed by atoms with Gasteiger partial charge in [-0.3, -0.25) is 19.4 Å². The third kappa shape index (κ3) is 6.41. The van der Waals surface area contributed by atoms with Crippen molar-refractivity contribution in [3.8, 4) is 11.5 Å². The summed E-state index contributed by atoms with van der Waals surface area (Å²) in [5.74, 6) is -0.906. The molecule has 2 aliphatic heterocycles. The minimum Gasteiger partial charge on any atom is -0.493 e. The first-order valence-electron chi connectivity index (χ1n) is 13.4. The van der Waals surface area contributed by atoms with Crippen LogP contribution in [0.5, 0.6) is 11.5 Å². The van der Waals surface area contributed by atoms with Gasteiger partial charge in [0.15, 0.2) is 23.1 Å². The smallest absolute Gasteiger partial charge is 0.239 e. The molecule has 1 atom stereocenters. The first-order chi connectivity index (χ1) is 19.9. The number of carbonyl (C=O) groups is 1. The van der Waals surface area contributed by atoms with Crippen LogP contribution in [-0.4, -0.2) is 72.3 Å². The minimum absolute atomic E-state index is 0.00608. The van der Waals surface area contributed by atoms with Gasteiger partial charge in [-0.1, -0.05) is 6.07 Å². The van der Waals surface area contributed by atoms with Crippen molar-refractivity contribution >= 4 is 23.1 Å². The Balaban J connectivity index is 1.48. The Kier molecular flexibility index (Phi) is 8.64. The van der Waals surface area contributed by atoms with Crippen molar-refractivity contribution in [2.45, 2.75) is 19.4 Å². The number of carbonyl (C=O) groups excluding carboxylic acids is 1. The molecule has 0 saturated carbocycles. The number of rotatable bonds is 11. The molecule has 0 radical (unpaired) electrons. The van der Waals surface area contributed by atoms with Gasteiger partial charge >= 0.3 is 0 Å². The predicted octanol–water partition coefficient (Wildman–Crippen LogP) is 1.01. The lowest BCUT2D eigenvalue weighted by Gasteiger charge is -2.31. The number of methoxy groups -OCH3 is 1. The van der Waals surface area contributed by atoms with Crippen molar-refractivity contribution in [2.75, 3.05) is 56.8 Å². The highest BCUT2D eigenvalue weighted by Crippen LogP contribution is 2.29. The molecule has 13 heteroatoms. The van der Waals surface area contributed by atoms with Gasteiger partial charge in [0.05, 0.1) is 30.0 Å². The predicted molar refractivity (Wildman–Crippen MR) is 148 cm³/mol. The van der Waals surface area contributed by atoms with Crippen LogP contribution in [-0.2, 0) is 11.3 Å². The fourth-order valence-corrected chi connectivity index (χ4v) is 5.14. The van der Waals surface area contributed by atoms with E-state index in [0.29, 0.717) is 46.7 Å². The minimum atomic E-state index is -1.01. The first kappa shape index (κ1) is 28.3. The third-order valence-corrected chi connectivity index (χ3v) is 7.15. The Hall–Kier alpha value is -4.23. The molecule has 1 amide bonds. The molecule has 2 aliphatic rings. The maximum Gasteiger partial charge on any atom is 0.239 e. The number of aromatic nitrogens is 2. The lowest BCUT2D eigenvalue weighted by atomic mass is 9.99. The summed E-state index contributed by atoms with van der Waals surface area (Å²) >= 11 is 0. The number of primary amides is 1. The van der Waals surface area contributed by atoms with Crippen LogP contribution in [0.15, 0.2) is 47.7 Å². The van der Waals surface area contributed by atoms with E-state index in [1.165, 1.54) is 35.0 Å². The van der Waals surface area contributed by atoms with Crippen LogP contribution in [0.3, 0.4) is 0 Å². The summed E-state index contributed by atoms with van der Waals surface area (Å²) in [6, 6.07) is 7.44. The average Bonchev–Trinajstić information content (AvgIpc) is 3.40. The summed E-state index contributed by atoms with van der Waals surface area (Å²) in [4.78, 5) is 19.8. The third-order valence-electron chi connectivity index (χ3n) is 7.15. The van der Waals surface area contributed by atoms with Crippen LogP contribution < -0.4 is 36.0 Å². The Labute approximate surface area is 235 Å². The van der Waals surface area contributed by atoms with E-state index in [9.17, 15) is 18.7 Å². The molecule has 2 aromatic carbocycles. The second-order valence-corrected chi connectivity index (χ2v) is 10.0. The Bertz CT molecular complexity index is 1530. The van der Waals surface area contributed by atoms with Crippen LogP contribution >= 0.6 is 0 Å². The van der Waals surface area contributed by atoms with Crippen LogP contribution in [0.1, 0.15) is 12.8 Å². The van der Waals surface area contributed by atoms with E-state index in [0.717, 1.165) is 32.0 Å². The van der Waals surface area contributed by atoms with E-state index < -0.39 is 17.5 Å². The molecule has 1 saturated heterocycles. The van der Waals surface area contributed by atoms with Crippen molar-refractivity contribution in [1.29, 1.82) is 0 Å². The Morgan fingerprint density at radius 3 is 2.90 bits per heavy atom. The van der Waals surface area contributed by atoms with Crippen LogP contribution in [0.2, 0.25) is 0 Å². The molecule has 0 bridgehead atoms. The number of nitrogens with two attached hydrogens (primary N) is 1. The standard InChI is InChI=1S/C28H33F2N7O4/c1-40-24-10-20-22(11-25(24)41-9-8-35-7-3-4-18(13-35)16-38)32-17-37(23-6-2-5-21(29)27(23)30)28(20)34-19-12-33-36(14-19)15-26(31)39/h2,5-6,10-12,14,18,34,38H,3-4,7-9,13,15-17H2,1H3,(H2,31,39). The number of hydrogen-bond donors (Lipinski definition) is 3. The number of piperidine rings is 1. The summed E-state index contributed by atoms with van der Waals surface area (Å²) in [6.45, 7) is 2.99. The lowest BCUT2D eigenvalue weighted by molar-refractivity contribution is -0.118. The molecule has 0 aliphatic carbocycles. The van der Waals surface area contributed by atoms with E-state index in [2.05, 4.69) is 20.3 Å². The zero-order valence-corrected chi connectivity index (χ0v) is 22.7. The molecule has 3 aromatic rings. The Morgan fingerprint density at radius 1 is 1.27 bits per heavy atom. The molecular weight excluding hydrogens is 536 g/mol. The van der Waals surface area contributed by atoms with E-state index >= 15 is 0 Å². The molecule has 4 N–H and O–H groups in total. The van der Waals surface area contributed by atoms with Gasteiger partial charge in [0.1, 0.15) is 25.6 Å². The second kappa shape index (κ2) is 12.5. The van der Waals surface area contributed by atoms with Crippen molar-refractivity contribution in [3.05, 3.63) is 64.9 Å². The van der Waals surface area contributed by atoms with Gasteiger partial charge in [0.25, 0.3) is 0 Å². The number of aliphatic hydroxyl groups excluding tert-OH is 1. The quantitative estimate of drug-likeness (QED) is 0.312. The molecule has 1 fully saturated rings. The van der Waals surface area contributed by atoms with Crippen molar-refractivity contribution < 1.29 is 28.2 Å². The second-order valence-electron chi connectivity index (χ2n) is 10.0. The lowest BCUT2D eigenvalue weighted by Crippen LogP contribution is -2.43. The summed E-state index contributed by atoms with van der Waals surface area (Å²) < 4.78 is 42.3. The number of benzene rings is 2. The highest BCUT2D eigenvalue weighted by atomic mass is 19.2. The zero-order valence-electron chi connectivity index (χ0n) is 22.7. The normalized spacial score (nSPS) is 17.1. The van der Waals surface area contributed by atoms with Gasteiger partial charge in [-0.15, -0.1) is 0 Å². The maximum absolute atomic E-state index is 14.9. The van der Waals surface area contributed by atoms with Gasteiger partial charge in [-0.2, -0.15) is 5.10 Å². The van der Waals surface area contributed by atoms with Gasteiger partial charge in [-0.25, -0.2) is 8.78 Å². The maximum atomic E-state index is 14.9. The topological polar surface area (TPSA) is 130 Å². The molecule has 0 spiro atoms. The molecule has 11 nitrogen and oxygen atoms in total. The number of hydrogen-bond acceptors (Lipinski definition) is 9. The van der Waals surface area contributed by atoms with E-state index in [-0.39, 0.29) is 31.4 Å². The number of fused-ring (bicyclic) bond motifs is 1. The molecule has 1 unspecified atom stereocenters. The van der Waals surface area contributed by atoms with Crippen molar-refractivity contribution in [2.24, 2.45) is 16.6 Å². The highest BCUT2D eigenvalue weighted by molar-refractivity contribution is 5.78. The number of nitrogens with one attached hydrogen (secondary N) is 1. The van der Waals surface area contributed by atoms with E-state index in [4.69, 9.17) is 15.2 Å². The molecular formula is C28H33F2N7O4. The zero-order chi connectivity index (χ0) is 28.9. The van der Waals surface area contributed by atoms with Gasteiger partial charge in [0, 0.05) is 37.2 Å². The average molecular weight is 570 g/mol. The van der Waals surface area contributed by atoms with Crippen molar-refractivity contribution in [3.63, 3.8) is 0 Å². The van der Waals surface area contributed by atoms with Crippen molar-refractivity contribution in [1.82, 2.24) is 14.7 Å². The molecule has 218 valence electrons. The molecule has 5 rings (SSSR count). The van der Waals surface area contributed by atoms with E-state index in [1.807, 2.05) is 0 Å². The summed E-state index contributed by atoms with van der Waals surface area (Å²) in [5, 5.41) is 18.0. The van der Waals surface area contributed by atoms with Crippen LogP contribution in [0, 0.1) is 17.6 Å². The largest absolute Gasteiger partial charge is 0.493 e. The first-order valence-corrected chi connectivity index (χ1v) is 13.4.